The van der Waals surface area contributed by atoms with E-state index in [0.717, 1.165) is 17.1 Å². The molecule has 0 saturated carbocycles. The van der Waals surface area contributed by atoms with Crippen LogP contribution in [0.15, 0.2) is 78.0 Å². The lowest BCUT2D eigenvalue weighted by Crippen LogP contribution is -2.15. The summed E-state index contributed by atoms with van der Waals surface area (Å²) in [5.41, 5.74) is 2.45. The zero-order valence-electron chi connectivity index (χ0n) is 17.7. The molecule has 4 rings (SSSR count). The van der Waals surface area contributed by atoms with Crippen LogP contribution in [0, 0.1) is 0 Å². The van der Waals surface area contributed by atoms with Crippen LogP contribution in [0.2, 0.25) is 10.0 Å². The largest absolute Gasteiger partial charge is 0.495 e. The molecule has 6 nitrogen and oxygen atoms in total. The highest BCUT2D eigenvalue weighted by atomic mass is 35.5. The Labute approximate surface area is 205 Å². The van der Waals surface area contributed by atoms with Gasteiger partial charge in [-0.05, 0) is 42.0 Å². The molecule has 1 amide bonds. The quantitative estimate of drug-likeness (QED) is 0.306. The van der Waals surface area contributed by atoms with E-state index >= 15 is 0 Å². The summed E-state index contributed by atoms with van der Waals surface area (Å²) in [5, 5.41) is 13.3. The molecule has 1 N–H and O–H groups in total. The molecule has 0 atom stereocenters. The average molecular weight is 499 g/mol. The molecular formula is C24H20Cl2N4O2S. The van der Waals surface area contributed by atoms with E-state index in [-0.39, 0.29) is 11.7 Å². The third-order valence-electron chi connectivity index (χ3n) is 4.74. The highest BCUT2D eigenvalue weighted by Gasteiger charge is 2.17. The van der Waals surface area contributed by atoms with Gasteiger partial charge in [0.25, 0.3) is 0 Å². The zero-order valence-corrected chi connectivity index (χ0v) is 20.0. The average Bonchev–Trinajstić information content (AvgIpc) is 3.21. The number of nitrogens with zero attached hydrogens (tertiary/aromatic N) is 3. The minimum atomic E-state index is -0.217. The van der Waals surface area contributed by atoms with Gasteiger partial charge in [0.2, 0.25) is 5.91 Å². The first-order valence-corrected chi connectivity index (χ1v) is 11.8. The normalized spacial score (nSPS) is 10.8. The maximum Gasteiger partial charge on any atom is 0.234 e. The van der Waals surface area contributed by atoms with E-state index in [1.165, 1.54) is 18.9 Å². The smallest absolute Gasteiger partial charge is 0.234 e. The van der Waals surface area contributed by atoms with Crippen molar-refractivity contribution in [2.45, 2.75) is 11.6 Å². The number of carbonyl (C=O) groups excluding carboxylic acids is 1. The molecule has 1 aromatic heterocycles. The lowest BCUT2D eigenvalue weighted by molar-refractivity contribution is -0.113. The van der Waals surface area contributed by atoms with Gasteiger partial charge in [-0.15, -0.1) is 10.2 Å². The summed E-state index contributed by atoms with van der Waals surface area (Å²) in [7, 11) is 1.54. The maximum absolute atomic E-state index is 12.7. The number of rotatable bonds is 8. The number of hydrogen-bond donors (Lipinski definition) is 1. The molecule has 0 aliphatic heterocycles. The number of anilines is 1. The van der Waals surface area contributed by atoms with Gasteiger partial charge in [-0.2, -0.15) is 0 Å². The predicted molar refractivity (Wildman–Crippen MR) is 133 cm³/mol. The Hall–Kier alpha value is -3.00. The summed E-state index contributed by atoms with van der Waals surface area (Å²) >= 11 is 13.6. The van der Waals surface area contributed by atoms with Crippen LogP contribution in [0.5, 0.6) is 5.75 Å². The number of amides is 1. The third kappa shape index (κ3) is 5.87. The maximum atomic E-state index is 12.7. The summed E-state index contributed by atoms with van der Waals surface area (Å²) in [6.45, 7) is 0. The Kier molecular flexibility index (Phi) is 7.54. The number of aromatic nitrogens is 3. The van der Waals surface area contributed by atoms with Gasteiger partial charge < -0.3 is 10.1 Å². The molecule has 1 heterocycles. The SMILES string of the molecule is COc1ccc(Cl)cc1NC(=O)CSc1nnc(Cc2ccccc2)n1-c1cccc(Cl)c1. The summed E-state index contributed by atoms with van der Waals surface area (Å²) in [6, 6.07) is 22.5. The Morgan fingerprint density at radius 2 is 1.79 bits per heavy atom. The Bertz CT molecular complexity index is 1260. The highest BCUT2D eigenvalue weighted by Crippen LogP contribution is 2.29. The molecule has 0 unspecified atom stereocenters. The first kappa shape index (κ1) is 23.2. The second-order valence-corrected chi connectivity index (χ2v) is 8.87. The monoisotopic (exact) mass is 498 g/mol. The summed E-state index contributed by atoms with van der Waals surface area (Å²) in [4.78, 5) is 12.7. The number of nitrogens with one attached hydrogen (secondary N) is 1. The standard InChI is InChI=1S/C24H20Cl2N4O2S/c1-32-21-11-10-18(26)14-20(21)27-23(31)15-33-24-29-28-22(12-16-6-3-2-4-7-16)30(24)19-9-5-8-17(25)13-19/h2-11,13-14H,12,15H2,1H3,(H,27,31). The van der Waals surface area contributed by atoms with E-state index in [9.17, 15) is 4.79 Å². The molecule has 3 aromatic carbocycles. The minimum absolute atomic E-state index is 0.125. The molecule has 0 spiro atoms. The first-order chi connectivity index (χ1) is 16.0. The van der Waals surface area contributed by atoms with Crippen molar-refractivity contribution in [1.29, 1.82) is 0 Å². The van der Waals surface area contributed by atoms with Gasteiger partial charge in [0.1, 0.15) is 11.6 Å². The Balaban J connectivity index is 1.56. The van der Waals surface area contributed by atoms with E-state index < -0.39 is 0 Å². The van der Waals surface area contributed by atoms with Crippen LogP contribution >= 0.6 is 35.0 Å². The molecule has 0 aliphatic carbocycles. The van der Waals surface area contributed by atoms with Gasteiger partial charge >= 0.3 is 0 Å². The van der Waals surface area contributed by atoms with E-state index in [1.807, 2.05) is 59.2 Å². The van der Waals surface area contributed by atoms with Gasteiger partial charge in [0.15, 0.2) is 5.16 Å². The van der Waals surface area contributed by atoms with Crippen molar-refractivity contribution in [2.75, 3.05) is 18.2 Å². The molecule has 33 heavy (non-hydrogen) atoms. The topological polar surface area (TPSA) is 69.0 Å². The number of thioether (sulfide) groups is 1. The molecule has 4 aromatic rings. The number of hydrogen-bond acceptors (Lipinski definition) is 5. The summed E-state index contributed by atoms with van der Waals surface area (Å²) in [5.74, 6) is 1.19. The molecule has 0 fully saturated rings. The van der Waals surface area contributed by atoms with Crippen molar-refractivity contribution in [3.63, 3.8) is 0 Å². The van der Waals surface area contributed by atoms with Crippen molar-refractivity contribution in [3.8, 4) is 11.4 Å². The number of methoxy groups -OCH3 is 1. The van der Waals surface area contributed by atoms with Crippen LogP contribution in [-0.2, 0) is 11.2 Å². The molecule has 9 heteroatoms. The van der Waals surface area contributed by atoms with Crippen LogP contribution < -0.4 is 10.1 Å². The van der Waals surface area contributed by atoms with Crippen molar-refractivity contribution >= 4 is 46.6 Å². The number of carbonyl (C=O) groups is 1. The second-order valence-electron chi connectivity index (χ2n) is 7.06. The van der Waals surface area contributed by atoms with Crippen LogP contribution in [0.3, 0.4) is 0 Å². The van der Waals surface area contributed by atoms with E-state index in [0.29, 0.717) is 33.1 Å². The molecule has 168 valence electrons. The molecular weight excluding hydrogens is 479 g/mol. The predicted octanol–water partition coefficient (Wildman–Crippen LogP) is 5.90. The lowest BCUT2D eigenvalue weighted by Gasteiger charge is -2.12. The molecule has 0 aliphatic rings. The van der Waals surface area contributed by atoms with Crippen LogP contribution in [-0.4, -0.2) is 33.5 Å². The number of benzene rings is 3. The molecule has 0 bridgehead atoms. The van der Waals surface area contributed by atoms with Crippen molar-refractivity contribution in [3.05, 3.63) is 94.2 Å². The van der Waals surface area contributed by atoms with E-state index in [1.54, 1.807) is 18.2 Å². The summed E-state index contributed by atoms with van der Waals surface area (Å²) in [6.07, 6.45) is 0.590. The second kappa shape index (κ2) is 10.7. The summed E-state index contributed by atoms with van der Waals surface area (Å²) < 4.78 is 7.22. The van der Waals surface area contributed by atoms with Crippen molar-refractivity contribution in [1.82, 2.24) is 14.8 Å². The van der Waals surface area contributed by atoms with Gasteiger partial charge in [-0.3, -0.25) is 9.36 Å². The molecule has 0 radical (unpaired) electrons. The highest BCUT2D eigenvalue weighted by molar-refractivity contribution is 7.99. The van der Waals surface area contributed by atoms with Crippen molar-refractivity contribution in [2.24, 2.45) is 0 Å². The van der Waals surface area contributed by atoms with E-state index in [2.05, 4.69) is 15.5 Å². The van der Waals surface area contributed by atoms with Gasteiger partial charge in [-0.1, -0.05) is 71.4 Å². The number of halogens is 2. The molecule has 0 saturated heterocycles. The third-order valence-corrected chi connectivity index (χ3v) is 6.14. The Morgan fingerprint density at radius 1 is 1.00 bits per heavy atom. The fourth-order valence-corrected chi connectivity index (χ4v) is 4.38. The first-order valence-electron chi connectivity index (χ1n) is 10.0. The Morgan fingerprint density at radius 3 is 2.55 bits per heavy atom. The van der Waals surface area contributed by atoms with Gasteiger partial charge in [0, 0.05) is 16.5 Å². The number of ether oxygens (including phenoxy) is 1. The fraction of sp³-hybridized carbons (Fsp3) is 0.125. The fourth-order valence-electron chi connectivity index (χ4n) is 3.26. The van der Waals surface area contributed by atoms with Crippen LogP contribution in [0.25, 0.3) is 5.69 Å². The zero-order chi connectivity index (χ0) is 23.2. The van der Waals surface area contributed by atoms with Gasteiger partial charge in [0.05, 0.1) is 24.2 Å². The van der Waals surface area contributed by atoms with Crippen LogP contribution in [0.1, 0.15) is 11.4 Å². The lowest BCUT2D eigenvalue weighted by atomic mass is 10.1. The van der Waals surface area contributed by atoms with Crippen LogP contribution in [0.4, 0.5) is 5.69 Å². The van der Waals surface area contributed by atoms with E-state index in [4.69, 9.17) is 27.9 Å². The van der Waals surface area contributed by atoms with Gasteiger partial charge in [-0.25, -0.2) is 0 Å². The minimum Gasteiger partial charge on any atom is -0.495 e. The van der Waals surface area contributed by atoms with Crippen molar-refractivity contribution < 1.29 is 9.53 Å².